The van der Waals surface area contributed by atoms with Gasteiger partial charge in [0.05, 0.1) is 11.2 Å². The molecule has 0 amide bonds. The summed E-state index contributed by atoms with van der Waals surface area (Å²) in [5.74, 6) is 0. The summed E-state index contributed by atoms with van der Waals surface area (Å²) in [6, 6.07) is 36.6. The summed E-state index contributed by atoms with van der Waals surface area (Å²) >= 11 is 0. The minimum atomic E-state index is 0.938. The Morgan fingerprint density at radius 3 is 2.16 bits per heavy atom. The summed E-state index contributed by atoms with van der Waals surface area (Å²) in [4.78, 5) is 5.04. The van der Waals surface area contributed by atoms with Crippen LogP contribution in [0.15, 0.2) is 103 Å². The molecule has 6 aromatic rings. The van der Waals surface area contributed by atoms with E-state index < -0.39 is 0 Å². The fourth-order valence-electron chi connectivity index (χ4n) is 4.73. The molecule has 4 aromatic carbocycles. The van der Waals surface area contributed by atoms with Crippen LogP contribution in [0.25, 0.3) is 55.1 Å². The molecule has 0 bridgehead atoms. The lowest BCUT2D eigenvalue weighted by Gasteiger charge is -2.11. The Morgan fingerprint density at radius 2 is 1.32 bits per heavy atom. The fraction of sp³-hybridized carbons (Fsp3) is 0.0690. The number of hydrogen-bond donors (Lipinski definition) is 0. The predicted molar refractivity (Wildman–Crippen MR) is 131 cm³/mol. The molecule has 0 fully saturated rings. The van der Waals surface area contributed by atoms with E-state index in [9.17, 15) is 0 Å². The maximum Gasteiger partial charge on any atom is 0.0716 e. The summed E-state index contributed by atoms with van der Waals surface area (Å²) < 4.78 is 2.40. The molecule has 0 atom stereocenters. The summed E-state index contributed by atoms with van der Waals surface area (Å²) in [6.07, 6.45) is 0. The van der Waals surface area contributed by atoms with E-state index in [0.29, 0.717) is 0 Å². The first-order valence-corrected chi connectivity index (χ1v) is 10.8. The Hall–Kier alpha value is -3.91. The Balaban J connectivity index is 1.63. The number of rotatable bonds is 3. The Kier molecular flexibility index (Phi) is 4.10. The molecular formula is C29H22N2. The van der Waals surface area contributed by atoms with Gasteiger partial charge in [-0.3, -0.25) is 0 Å². The van der Waals surface area contributed by atoms with E-state index in [4.69, 9.17) is 4.98 Å². The van der Waals surface area contributed by atoms with Crippen molar-refractivity contribution in [1.29, 1.82) is 0 Å². The Bertz CT molecular complexity index is 1560. The largest absolute Gasteiger partial charge is 0.341 e. The zero-order valence-electron chi connectivity index (χ0n) is 17.4. The van der Waals surface area contributed by atoms with Crippen LogP contribution in [-0.2, 0) is 6.54 Å². The highest BCUT2D eigenvalue weighted by atomic mass is 15.0. The van der Waals surface area contributed by atoms with Gasteiger partial charge >= 0.3 is 0 Å². The third kappa shape index (κ3) is 2.83. The van der Waals surface area contributed by atoms with Crippen molar-refractivity contribution >= 4 is 32.7 Å². The molecule has 148 valence electrons. The van der Waals surface area contributed by atoms with Crippen LogP contribution in [-0.4, -0.2) is 9.55 Å². The van der Waals surface area contributed by atoms with Crippen molar-refractivity contribution in [3.05, 3.63) is 103 Å². The van der Waals surface area contributed by atoms with Gasteiger partial charge in [-0.05, 0) is 42.3 Å². The molecule has 0 aliphatic rings. The number of nitrogens with zero attached hydrogens (tertiary/aromatic N) is 2. The molecular weight excluding hydrogens is 376 g/mol. The van der Waals surface area contributed by atoms with E-state index in [1.54, 1.807) is 0 Å². The van der Waals surface area contributed by atoms with Crippen molar-refractivity contribution in [2.45, 2.75) is 13.5 Å². The number of aryl methyl sites for hydroxylation is 1. The van der Waals surface area contributed by atoms with Crippen molar-refractivity contribution < 1.29 is 0 Å². The molecule has 0 spiro atoms. The number of aromatic nitrogens is 2. The lowest BCUT2D eigenvalue weighted by atomic mass is 9.98. The van der Waals surface area contributed by atoms with Crippen LogP contribution < -0.4 is 0 Å². The van der Waals surface area contributed by atoms with Crippen LogP contribution in [0.2, 0.25) is 0 Å². The van der Waals surface area contributed by atoms with E-state index in [-0.39, 0.29) is 0 Å². The van der Waals surface area contributed by atoms with Gasteiger partial charge in [-0.15, -0.1) is 0 Å². The van der Waals surface area contributed by atoms with Gasteiger partial charge in [-0.2, -0.15) is 0 Å². The number of fused-ring (bicyclic) bond motifs is 4. The molecule has 0 unspecified atom stereocenters. The summed E-state index contributed by atoms with van der Waals surface area (Å²) in [5, 5.41) is 3.79. The van der Waals surface area contributed by atoms with Gasteiger partial charge in [0.1, 0.15) is 0 Å². The molecule has 0 aliphatic heterocycles. The predicted octanol–water partition coefficient (Wildman–Crippen LogP) is 7.70. The van der Waals surface area contributed by atoms with E-state index in [1.165, 1.54) is 38.3 Å². The molecule has 0 radical (unpaired) electrons. The molecule has 2 nitrogen and oxygen atoms in total. The van der Waals surface area contributed by atoms with Crippen molar-refractivity contribution in [2.75, 3.05) is 0 Å². The molecule has 2 heterocycles. The zero-order chi connectivity index (χ0) is 20.8. The Labute approximate surface area is 181 Å². The van der Waals surface area contributed by atoms with Gasteiger partial charge in [-0.25, -0.2) is 4.98 Å². The number of benzene rings is 4. The van der Waals surface area contributed by atoms with Gasteiger partial charge in [0.25, 0.3) is 0 Å². The summed E-state index contributed by atoms with van der Waals surface area (Å²) in [5.41, 5.74) is 8.16. The molecule has 0 aliphatic carbocycles. The van der Waals surface area contributed by atoms with Crippen molar-refractivity contribution in [3.8, 4) is 22.4 Å². The fourth-order valence-corrected chi connectivity index (χ4v) is 4.73. The van der Waals surface area contributed by atoms with Crippen LogP contribution in [0.4, 0.5) is 0 Å². The molecule has 0 N–H and O–H groups in total. The number of para-hydroxylation sites is 2. The van der Waals surface area contributed by atoms with Crippen LogP contribution >= 0.6 is 0 Å². The average Bonchev–Trinajstić information content (AvgIpc) is 3.16. The molecule has 31 heavy (non-hydrogen) atoms. The smallest absolute Gasteiger partial charge is 0.0716 e. The molecule has 2 heteroatoms. The van der Waals surface area contributed by atoms with Crippen molar-refractivity contribution in [3.63, 3.8) is 0 Å². The minimum Gasteiger partial charge on any atom is -0.341 e. The third-order valence-corrected chi connectivity index (χ3v) is 6.19. The number of hydrogen-bond acceptors (Lipinski definition) is 1. The lowest BCUT2D eigenvalue weighted by molar-refractivity contribution is 0.827. The van der Waals surface area contributed by atoms with E-state index >= 15 is 0 Å². The summed E-state index contributed by atoms with van der Waals surface area (Å²) in [6.45, 7) is 3.15. The van der Waals surface area contributed by atoms with E-state index in [0.717, 1.165) is 23.3 Å². The maximum absolute atomic E-state index is 5.04. The highest BCUT2D eigenvalue weighted by molar-refractivity contribution is 6.09. The lowest BCUT2D eigenvalue weighted by Crippen LogP contribution is -1.94. The Morgan fingerprint density at radius 1 is 0.613 bits per heavy atom. The SMILES string of the molecule is CCn1c2ccccc2c2ccc(-c3cc(-c4ccccc4)c4ccccc4n3)cc21. The topological polar surface area (TPSA) is 17.8 Å². The normalized spacial score (nSPS) is 11.5. The second-order valence-corrected chi connectivity index (χ2v) is 7.93. The van der Waals surface area contributed by atoms with Crippen LogP contribution in [0.3, 0.4) is 0 Å². The molecule has 0 saturated heterocycles. The minimum absolute atomic E-state index is 0.938. The monoisotopic (exact) mass is 398 g/mol. The number of pyridine rings is 1. The quantitative estimate of drug-likeness (QED) is 0.299. The molecule has 2 aromatic heterocycles. The average molecular weight is 399 g/mol. The second kappa shape index (κ2) is 7.10. The first-order chi connectivity index (χ1) is 15.3. The van der Waals surface area contributed by atoms with Crippen LogP contribution in [0.5, 0.6) is 0 Å². The van der Waals surface area contributed by atoms with Crippen molar-refractivity contribution in [2.24, 2.45) is 0 Å². The maximum atomic E-state index is 5.04. The van der Waals surface area contributed by atoms with Crippen LogP contribution in [0, 0.1) is 0 Å². The van der Waals surface area contributed by atoms with E-state index in [1.807, 2.05) is 0 Å². The van der Waals surface area contributed by atoms with Crippen LogP contribution in [0.1, 0.15) is 6.92 Å². The van der Waals surface area contributed by atoms with E-state index in [2.05, 4.69) is 115 Å². The zero-order valence-corrected chi connectivity index (χ0v) is 17.4. The van der Waals surface area contributed by atoms with Gasteiger partial charge in [0.2, 0.25) is 0 Å². The van der Waals surface area contributed by atoms with Crippen molar-refractivity contribution in [1.82, 2.24) is 9.55 Å². The summed E-state index contributed by atoms with van der Waals surface area (Å²) in [7, 11) is 0. The second-order valence-electron chi connectivity index (χ2n) is 7.93. The molecule has 6 rings (SSSR count). The standard InChI is InChI=1S/C29H22N2/c1-2-31-28-15-9-7-13-23(28)24-17-16-21(18-29(24)31)27-19-25(20-10-4-3-5-11-20)22-12-6-8-14-26(22)30-27/h3-19H,2H2,1H3. The highest BCUT2D eigenvalue weighted by Gasteiger charge is 2.13. The first kappa shape index (κ1) is 17.9. The first-order valence-electron chi connectivity index (χ1n) is 10.8. The highest BCUT2D eigenvalue weighted by Crippen LogP contribution is 2.35. The van der Waals surface area contributed by atoms with Gasteiger partial charge in [0.15, 0.2) is 0 Å². The van der Waals surface area contributed by atoms with Gasteiger partial charge in [0, 0.05) is 39.3 Å². The van der Waals surface area contributed by atoms with Gasteiger partial charge in [-0.1, -0.05) is 78.9 Å². The molecule has 0 saturated carbocycles. The third-order valence-electron chi connectivity index (χ3n) is 6.19. The van der Waals surface area contributed by atoms with Gasteiger partial charge < -0.3 is 4.57 Å².